The molecular formula is C26H19ClN4O2S. The van der Waals surface area contributed by atoms with E-state index in [1.54, 1.807) is 18.2 Å². The van der Waals surface area contributed by atoms with E-state index in [0.717, 1.165) is 22.2 Å². The molecule has 34 heavy (non-hydrogen) atoms. The lowest BCUT2D eigenvalue weighted by atomic mass is 10.1. The Morgan fingerprint density at radius 2 is 1.68 bits per heavy atom. The molecule has 0 bridgehead atoms. The second-order valence-corrected chi connectivity index (χ2v) is 8.99. The van der Waals surface area contributed by atoms with Crippen LogP contribution in [0.5, 0.6) is 0 Å². The van der Waals surface area contributed by atoms with Crippen LogP contribution in [0.1, 0.15) is 26.3 Å². The molecule has 0 atom stereocenters. The number of hydrogen-bond donors (Lipinski definition) is 3. The molecule has 0 spiro atoms. The van der Waals surface area contributed by atoms with Gasteiger partial charge in [0.2, 0.25) is 0 Å². The highest BCUT2D eigenvalue weighted by Gasteiger charge is 2.12. The maximum atomic E-state index is 12.6. The van der Waals surface area contributed by atoms with Gasteiger partial charge in [-0.3, -0.25) is 9.59 Å². The summed E-state index contributed by atoms with van der Waals surface area (Å²) in [4.78, 5) is 32.8. The summed E-state index contributed by atoms with van der Waals surface area (Å²) in [6.45, 7) is 1.92. The van der Waals surface area contributed by atoms with E-state index < -0.39 is 0 Å². The maximum absolute atomic E-state index is 12.6. The number of rotatable bonds is 5. The van der Waals surface area contributed by atoms with Crippen LogP contribution in [0.25, 0.3) is 22.4 Å². The normalized spacial score (nSPS) is 10.9. The van der Waals surface area contributed by atoms with Crippen molar-refractivity contribution < 1.29 is 9.59 Å². The molecule has 5 aromatic rings. The fourth-order valence-corrected chi connectivity index (χ4v) is 4.49. The summed E-state index contributed by atoms with van der Waals surface area (Å²) in [6.07, 6.45) is 0. The van der Waals surface area contributed by atoms with Crippen molar-refractivity contribution in [3.05, 3.63) is 99.2 Å². The summed E-state index contributed by atoms with van der Waals surface area (Å²) in [7, 11) is 0. The third-order valence-electron chi connectivity index (χ3n) is 5.31. The molecule has 0 fully saturated rings. The van der Waals surface area contributed by atoms with E-state index in [4.69, 9.17) is 11.6 Å². The number of anilines is 2. The van der Waals surface area contributed by atoms with Crippen molar-refractivity contribution in [3.63, 3.8) is 0 Å². The van der Waals surface area contributed by atoms with Crippen LogP contribution in [0.15, 0.2) is 77.5 Å². The highest BCUT2D eigenvalue weighted by molar-refractivity contribution is 7.08. The van der Waals surface area contributed by atoms with Crippen molar-refractivity contribution >= 4 is 57.2 Å². The number of H-pyrrole nitrogens is 1. The van der Waals surface area contributed by atoms with Gasteiger partial charge in [-0.05, 0) is 78.5 Å². The Bertz CT molecular complexity index is 1510. The zero-order valence-electron chi connectivity index (χ0n) is 18.1. The van der Waals surface area contributed by atoms with Gasteiger partial charge in [0.05, 0.1) is 27.2 Å². The van der Waals surface area contributed by atoms with Gasteiger partial charge in [0, 0.05) is 22.3 Å². The molecule has 3 N–H and O–H groups in total. The van der Waals surface area contributed by atoms with E-state index in [9.17, 15) is 9.59 Å². The first-order valence-corrected chi connectivity index (χ1v) is 11.8. The lowest BCUT2D eigenvalue weighted by molar-refractivity contribution is 0.101. The minimum atomic E-state index is -0.265. The largest absolute Gasteiger partial charge is 0.338 e. The number of imidazole rings is 1. The topological polar surface area (TPSA) is 86.9 Å². The standard InChI is InChI=1S/C26H19ClN4O2S/c1-15-2-8-20(21(27)12-15)26(33)28-18-5-3-16(4-6-18)24-30-22-9-7-19(13-23(22)31-24)29-25(32)17-10-11-34-14-17/h2-14H,1H3,(H,28,33)(H,29,32)(H,30,31). The molecule has 0 unspecified atom stereocenters. The number of halogens is 1. The van der Waals surface area contributed by atoms with Gasteiger partial charge < -0.3 is 15.6 Å². The van der Waals surface area contributed by atoms with Crippen molar-refractivity contribution in [3.8, 4) is 11.4 Å². The van der Waals surface area contributed by atoms with Gasteiger partial charge in [0.1, 0.15) is 5.82 Å². The van der Waals surface area contributed by atoms with Crippen LogP contribution in [0.4, 0.5) is 11.4 Å². The number of carbonyl (C=O) groups is 2. The minimum Gasteiger partial charge on any atom is -0.338 e. The number of nitrogens with one attached hydrogen (secondary N) is 3. The molecule has 0 aliphatic heterocycles. The van der Waals surface area contributed by atoms with Crippen molar-refractivity contribution in [1.29, 1.82) is 0 Å². The number of fused-ring (bicyclic) bond motifs is 1. The Labute approximate surface area is 204 Å². The first-order chi connectivity index (χ1) is 16.5. The maximum Gasteiger partial charge on any atom is 0.257 e. The minimum absolute atomic E-state index is 0.148. The average molecular weight is 487 g/mol. The van der Waals surface area contributed by atoms with Crippen LogP contribution >= 0.6 is 22.9 Å². The highest BCUT2D eigenvalue weighted by Crippen LogP contribution is 2.25. The summed E-state index contributed by atoms with van der Waals surface area (Å²) in [6, 6.07) is 20.0. The molecule has 0 radical (unpaired) electrons. The SMILES string of the molecule is Cc1ccc(C(=O)Nc2ccc(-c3nc4ccc(NC(=O)c5ccsc5)cc4[nH]3)cc2)c(Cl)c1. The lowest BCUT2D eigenvalue weighted by Crippen LogP contribution is -2.12. The quantitative estimate of drug-likeness (QED) is 0.256. The molecule has 3 aromatic carbocycles. The van der Waals surface area contributed by atoms with E-state index >= 15 is 0 Å². The van der Waals surface area contributed by atoms with Crippen LogP contribution in [-0.4, -0.2) is 21.8 Å². The first-order valence-electron chi connectivity index (χ1n) is 10.5. The van der Waals surface area contributed by atoms with Crippen molar-refractivity contribution in [2.45, 2.75) is 6.92 Å². The molecule has 2 amide bonds. The second-order valence-electron chi connectivity index (χ2n) is 7.80. The van der Waals surface area contributed by atoms with Crippen LogP contribution in [-0.2, 0) is 0 Å². The number of aromatic amines is 1. The van der Waals surface area contributed by atoms with Crippen molar-refractivity contribution in [2.75, 3.05) is 10.6 Å². The van der Waals surface area contributed by atoms with Crippen LogP contribution in [0.3, 0.4) is 0 Å². The van der Waals surface area contributed by atoms with Gasteiger partial charge in [-0.2, -0.15) is 11.3 Å². The fourth-order valence-electron chi connectivity index (χ4n) is 3.54. The number of aryl methyl sites for hydroxylation is 1. The van der Waals surface area contributed by atoms with E-state index in [0.29, 0.717) is 33.3 Å². The summed E-state index contributed by atoms with van der Waals surface area (Å²) in [5, 5.41) is 9.87. The number of thiophene rings is 1. The zero-order chi connectivity index (χ0) is 23.7. The molecule has 6 nitrogen and oxygen atoms in total. The second kappa shape index (κ2) is 9.13. The predicted molar refractivity (Wildman–Crippen MR) is 138 cm³/mol. The Morgan fingerprint density at radius 1 is 0.912 bits per heavy atom. The van der Waals surface area contributed by atoms with Gasteiger partial charge in [0.25, 0.3) is 11.8 Å². The van der Waals surface area contributed by atoms with E-state index in [-0.39, 0.29) is 11.8 Å². The monoisotopic (exact) mass is 486 g/mol. The van der Waals surface area contributed by atoms with Gasteiger partial charge in [-0.15, -0.1) is 0 Å². The Balaban J connectivity index is 1.31. The number of aromatic nitrogens is 2. The molecule has 2 aromatic heterocycles. The zero-order valence-corrected chi connectivity index (χ0v) is 19.6. The molecule has 0 saturated heterocycles. The average Bonchev–Trinajstić information content (AvgIpc) is 3.49. The summed E-state index contributed by atoms with van der Waals surface area (Å²) in [5.41, 5.74) is 5.86. The fraction of sp³-hybridized carbons (Fsp3) is 0.0385. The third-order valence-corrected chi connectivity index (χ3v) is 6.30. The molecular weight excluding hydrogens is 468 g/mol. The number of carbonyl (C=O) groups excluding carboxylic acids is 2. The smallest absolute Gasteiger partial charge is 0.257 e. The Hall–Kier alpha value is -3.94. The predicted octanol–water partition coefficient (Wildman–Crippen LogP) is 6.76. The van der Waals surface area contributed by atoms with E-state index in [1.165, 1.54) is 11.3 Å². The summed E-state index contributed by atoms with van der Waals surface area (Å²) in [5.74, 6) is 0.277. The molecule has 0 aliphatic carbocycles. The van der Waals surface area contributed by atoms with Gasteiger partial charge >= 0.3 is 0 Å². The van der Waals surface area contributed by atoms with Gasteiger partial charge in [0.15, 0.2) is 0 Å². The van der Waals surface area contributed by atoms with E-state index in [1.807, 2.05) is 66.2 Å². The summed E-state index contributed by atoms with van der Waals surface area (Å²) < 4.78 is 0. The molecule has 8 heteroatoms. The van der Waals surface area contributed by atoms with Gasteiger partial charge in [-0.25, -0.2) is 4.98 Å². The molecule has 168 valence electrons. The number of nitrogens with zero attached hydrogens (tertiary/aromatic N) is 1. The van der Waals surface area contributed by atoms with Crippen LogP contribution in [0, 0.1) is 6.92 Å². The Kier molecular flexibility index (Phi) is 5.88. The van der Waals surface area contributed by atoms with Crippen LogP contribution < -0.4 is 10.6 Å². The van der Waals surface area contributed by atoms with Crippen molar-refractivity contribution in [2.24, 2.45) is 0 Å². The van der Waals surface area contributed by atoms with Gasteiger partial charge in [-0.1, -0.05) is 17.7 Å². The van der Waals surface area contributed by atoms with Crippen molar-refractivity contribution in [1.82, 2.24) is 9.97 Å². The van der Waals surface area contributed by atoms with E-state index in [2.05, 4.69) is 20.6 Å². The molecule has 0 aliphatic rings. The Morgan fingerprint density at radius 3 is 2.41 bits per heavy atom. The first kappa shape index (κ1) is 21.9. The number of hydrogen-bond acceptors (Lipinski definition) is 4. The molecule has 0 saturated carbocycles. The lowest BCUT2D eigenvalue weighted by Gasteiger charge is -2.08. The highest BCUT2D eigenvalue weighted by atomic mass is 35.5. The number of benzene rings is 3. The molecule has 5 rings (SSSR count). The third kappa shape index (κ3) is 4.57. The number of amides is 2. The summed E-state index contributed by atoms with van der Waals surface area (Å²) >= 11 is 7.68. The molecule has 2 heterocycles. The van der Waals surface area contributed by atoms with Crippen LogP contribution in [0.2, 0.25) is 5.02 Å².